The van der Waals surface area contributed by atoms with Gasteiger partial charge in [0.15, 0.2) is 0 Å². The van der Waals surface area contributed by atoms with E-state index in [1.807, 2.05) is 0 Å². The van der Waals surface area contributed by atoms with E-state index in [0.717, 1.165) is 23.6 Å². The number of pyridine rings is 1. The Balaban J connectivity index is 1.56. The molecule has 0 amide bonds. The van der Waals surface area contributed by atoms with Crippen molar-refractivity contribution in [1.29, 1.82) is 0 Å². The zero-order valence-corrected chi connectivity index (χ0v) is 21.6. The summed E-state index contributed by atoms with van der Waals surface area (Å²) in [5.41, 5.74) is 10.8. The lowest BCUT2D eigenvalue weighted by atomic mass is 9.92. The van der Waals surface area contributed by atoms with Gasteiger partial charge in [0.1, 0.15) is 0 Å². The molecule has 2 N–H and O–H groups in total. The molecule has 3 nitrogen and oxygen atoms in total. The van der Waals surface area contributed by atoms with Crippen molar-refractivity contribution in [2.45, 2.75) is 59.5 Å². The van der Waals surface area contributed by atoms with E-state index < -0.39 is 0 Å². The molecule has 0 fully saturated rings. The smallest absolute Gasteiger partial charge is 0.0709 e. The molecule has 0 saturated heterocycles. The number of nitrogens with zero attached hydrogens (tertiary/aromatic N) is 1. The van der Waals surface area contributed by atoms with Gasteiger partial charge in [-0.1, -0.05) is 94.4 Å². The molecule has 1 heterocycles. The molecule has 1 aromatic heterocycles. The van der Waals surface area contributed by atoms with E-state index in [9.17, 15) is 0 Å². The SMILES string of the molecule is Cc1ccccc1NCc1ccccc1-c1cccc(CNc2c(C(C)C)cccc2C(C)C)n1. The predicted molar refractivity (Wildman–Crippen MR) is 150 cm³/mol. The van der Waals surface area contributed by atoms with E-state index in [-0.39, 0.29) is 0 Å². The quantitative estimate of drug-likeness (QED) is 0.261. The Bertz CT molecular complexity index is 1250. The van der Waals surface area contributed by atoms with Crippen molar-refractivity contribution in [2.24, 2.45) is 0 Å². The molecule has 4 aromatic rings. The molecule has 0 atom stereocenters. The summed E-state index contributed by atoms with van der Waals surface area (Å²) in [5.74, 6) is 0.922. The van der Waals surface area contributed by atoms with Crippen LogP contribution in [0.15, 0.2) is 84.9 Å². The minimum Gasteiger partial charge on any atom is -0.381 e. The van der Waals surface area contributed by atoms with Crippen molar-refractivity contribution >= 4 is 11.4 Å². The third kappa shape index (κ3) is 5.92. The second kappa shape index (κ2) is 11.2. The normalized spacial score (nSPS) is 11.2. The van der Waals surface area contributed by atoms with Gasteiger partial charge in [-0.05, 0) is 59.2 Å². The lowest BCUT2D eigenvalue weighted by molar-refractivity contribution is 0.831. The standard InChI is InChI=1S/C32H37N3/c1-22(2)27-16-11-17-28(23(3)4)32(27)34-21-26-14-10-19-31(35-26)29-15-8-7-13-25(29)20-33-30-18-9-6-12-24(30)5/h6-19,22-23,33-34H,20-21H2,1-5H3. The highest BCUT2D eigenvalue weighted by Crippen LogP contribution is 2.33. The summed E-state index contributed by atoms with van der Waals surface area (Å²) in [6.45, 7) is 12.6. The Morgan fingerprint density at radius 3 is 2.03 bits per heavy atom. The van der Waals surface area contributed by atoms with Crippen molar-refractivity contribution in [3.63, 3.8) is 0 Å². The van der Waals surface area contributed by atoms with Gasteiger partial charge in [-0.3, -0.25) is 4.98 Å². The first-order valence-corrected chi connectivity index (χ1v) is 12.6. The summed E-state index contributed by atoms with van der Waals surface area (Å²) in [6, 6.07) is 29.9. The molecule has 35 heavy (non-hydrogen) atoms. The molecule has 0 bridgehead atoms. The highest BCUT2D eigenvalue weighted by molar-refractivity contribution is 5.65. The molecule has 0 spiro atoms. The zero-order chi connectivity index (χ0) is 24.8. The average molecular weight is 464 g/mol. The van der Waals surface area contributed by atoms with Crippen LogP contribution in [0, 0.1) is 6.92 Å². The van der Waals surface area contributed by atoms with Gasteiger partial charge in [-0.25, -0.2) is 0 Å². The van der Waals surface area contributed by atoms with Crippen molar-refractivity contribution in [2.75, 3.05) is 10.6 Å². The largest absolute Gasteiger partial charge is 0.381 e. The van der Waals surface area contributed by atoms with Gasteiger partial charge >= 0.3 is 0 Å². The Labute approximate surface area is 210 Å². The number of aromatic nitrogens is 1. The van der Waals surface area contributed by atoms with E-state index in [1.165, 1.54) is 33.5 Å². The first-order chi connectivity index (χ1) is 16.9. The molecule has 0 aliphatic heterocycles. The van der Waals surface area contributed by atoms with Gasteiger partial charge in [0.2, 0.25) is 0 Å². The molecular formula is C32H37N3. The van der Waals surface area contributed by atoms with Crippen molar-refractivity contribution < 1.29 is 0 Å². The topological polar surface area (TPSA) is 37.0 Å². The van der Waals surface area contributed by atoms with Crippen LogP contribution in [-0.2, 0) is 13.1 Å². The number of anilines is 2. The van der Waals surface area contributed by atoms with Crippen LogP contribution < -0.4 is 10.6 Å². The number of hydrogen-bond donors (Lipinski definition) is 2. The monoisotopic (exact) mass is 463 g/mol. The molecule has 3 heteroatoms. The number of rotatable bonds is 9. The third-order valence-electron chi connectivity index (χ3n) is 6.53. The summed E-state index contributed by atoms with van der Waals surface area (Å²) >= 11 is 0. The minimum atomic E-state index is 0.461. The van der Waals surface area contributed by atoms with Gasteiger partial charge < -0.3 is 10.6 Å². The zero-order valence-electron chi connectivity index (χ0n) is 21.6. The van der Waals surface area contributed by atoms with Gasteiger partial charge in [0, 0.05) is 23.5 Å². The first kappa shape index (κ1) is 24.5. The molecule has 3 aromatic carbocycles. The second-order valence-electron chi connectivity index (χ2n) is 9.81. The third-order valence-corrected chi connectivity index (χ3v) is 6.53. The van der Waals surface area contributed by atoms with E-state index in [0.29, 0.717) is 18.4 Å². The van der Waals surface area contributed by atoms with Crippen LogP contribution in [0.2, 0.25) is 0 Å². The van der Waals surface area contributed by atoms with E-state index in [4.69, 9.17) is 4.98 Å². The Morgan fingerprint density at radius 2 is 1.31 bits per heavy atom. The minimum absolute atomic E-state index is 0.461. The number of nitrogens with one attached hydrogen (secondary N) is 2. The van der Waals surface area contributed by atoms with Gasteiger partial charge in [-0.15, -0.1) is 0 Å². The summed E-state index contributed by atoms with van der Waals surface area (Å²) < 4.78 is 0. The van der Waals surface area contributed by atoms with Crippen molar-refractivity contribution in [3.8, 4) is 11.3 Å². The molecule has 180 valence electrons. The fraction of sp³-hybridized carbons (Fsp3) is 0.281. The molecule has 0 unspecified atom stereocenters. The highest BCUT2D eigenvalue weighted by Gasteiger charge is 2.14. The summed E-state index contributed by atoms with van der Waals surface area (Å²) in [4.78, 5) is 5.05. The molecule has 0 radical (unpaired) electrons. The number of hydrogen-bond acceptors (Lipinski definition) is 3. The fourth-order valence-corrected chi connectivity index (χ4v) is 4.55. The van der Waals surface area contributed by atoms with Crippen LogP contribution in [0.4, 0.5) is 11.4 Å². The van der Waals surface area contributed by atoms with Crippen LogP contribution in [-0.4, -0.2) is 4.98 Å². The summed E-state index contributed by atoms with van der Waals surface area (Å²) in [7, 11) is 0. The maximum absolute atomic E-state index is 5.05. The van der Waals surface area contributed by atoms with Crippen LogP contribution in [0.1, 0.15) is 67.5 Å². The van der Waals surface area contributed by atoms with Gasteiger partial charge in [0.25, 0.3) is 0 Å². The Morgan fingerprint density at radius 1 is 0.657 bits per heavy atom. The fourth-order valence-electron chi connectivity index (χ4n) is 4.55. The maximum atomic E-state index is 5.05. The predicted octanol–water partition coefficient (Wildman–Crippen LogP) is 8.53. The highest BCUT2D eigenvalue weighted by atomic mass is 14.9. The Kier molecular flexibility index (Phi) is 7.87. The lowest BCUT2D eigenvalue weighted by Crippen LogP contribution is -2.09. The second-order valence-corrected chi connectivity index (χ2v) is 9.81. The van der Waals surface area contributed by atoms with E-state index >= 15 is 0 Å². The van der Waals surface area contributed by atoms with Crippen LogP contribution in [0.25, 0.3) is 11.3 Å². The summed E-state index contributed by atoms with van der Waals surface area (Å²) in [6.07, 6.45) is 0. The number of para-hydroxylation sites is 2. The van der Waals surface area contributed by atoms with E-state index in [1.54, 1.807) is 0 Å². The van der Waals surface area contributed by atoms with E-state index in [2.05, 4.69) is 130 Å². The van der Waals surface area contributed by atoms with Crippen LogP contribution in [0.3, 0.4) is 0 Å². The average Bonchev–Trinajstić information content (AvgIpc) is 2.87. The van der Waals surface area contributed by atoms with Crippen LogP contribution >= 0.6 is 0 Å². The van der Waals surface area contributed by atoms with Gasteiger partial charge in [-0.2, -0.15) is 0 Å². The molecule has 0 aliphatic carbocycles. The molecule has 4 rings (SSSR count). The van der Waals surface area contributed by atoms with Crippen molar-refractivity contribution in [3.05, 3.63) is 113 Å². The number of aryl methyl sites for hydroxylation is 1. The molecular weight excluding hydrogens is 426 g/mol. The summed E-state index contributed by atoms with van der Waals surface area (Å²) in [5, 5.41) is 7.33. The maximum Gasteiger partial charge on any atom is 0.0709 e. The first-order valence-electron chi connectivity index (χ1n) is 12.6. The van der Waals surface area contributed by atoms with Crippen molar-refractivity contribution in [1.82, 2.24) is 4.98 Å². The van der Waals surface area contributed by atoms with Gasteiger partial charge in [0.05, 0.1) is 17.9 Å². The lowest BCUT2D eigenvalue weighted by Gasteiger charge is -2.21. The van der Waals surface area contributed by atoms with Crippen LogP contribution in [0.5, 0.6) is 0 Å². The number of benzene rings is 3. The Hall–Kier alpha value is -3.59. The molecule has 0 aliphatic rings. The molecule has 0 saturated carbocycles.